The lowest BCUT2D eigenvalue weighted by Crippen LogP contribution is -2.07. The Kier molecular flexibility index (Phi) is 3.85. The monoisotopic (exact) mass is 279 g/mol. The minimum absolute atomic E-state index is 0.0962. The number of hydrogen-bond acceptors (Lipinski definition) is 4. The fraction of sp³-hybridized carbons (Fsp3) is 0.308. The highest BCUT2D eigenvalue weighted by Crippen LogP contribution is 2.29. The molecular formula is C13H14ClN3O2. The summed E-state index contributed by atoms with van der Waals surface area (Å²) in [6.45, 7) is 3.94. The summed E-state index contributed by atoms with van der Waals surface area (Å²) in [7, 11) is 1.57. The Labute approximate surface area is 116 Å². The maximum Gasteiger partial charge on any atom is 0.172 e. The van der Waals surface area contributed by atoms with Gasteiger partial charge in [0.15, 0.2) is 6.29 Å². The van der Waals surface area contributed by atoms with Crippen molar-refractivity contribution in [3.05, 3.63) is 34.6 Å². The van der Waals surface area contributed by atoms with Crippen LogP contribution in [-0.2, 0) is 0 Å². The van der Waals surface area contributed by atoms with Gasteiger partial charge in [0.05, 0.1) is 12.8 Å². The predicted octanol–water partition coefficient (Wildman–Crippen LogP) is 2.87. The number of hydrogen-bond donors (Lipinski definition) is 0. The lowest BCUT2D eigenvalue weighted by molar-refractivity contribution is 0.111. The van der Waals surface area contributed by atoms with Crippen molar-refractivity contribution in [3.8, 4) is 11.4 Å². The third-order valence-electron chi connectivity index (χ3n) is 2.76. The molecule has 2 aromatic rings. The van der Waals surface area contributed by atoms with Gasteiger partial charge in [-0.2, -0.15) is 0 Å². The van der Waals surface area contributed by atoms with Gasteiger partial charge >= 0.3 is 0 Å². The fourth-order valence-corrected chi connectivity index (χ4v) is 2.10. The van der Waals surface area contributed by atoms with Gasteiger partial charge in [0.1, 0.15) is 17.1 Å². The van der Waals surface area contributed by atoms with Crippen LogP contribution in [-0.4, -0.2) is 28.4 Å². The van der Waals surface area contributed by atoms with E-state index in [4.69, 9.17) is 16.3 Å². The highest BCUT2D eigenvalue weighted by Gasteiger charge is 2.19. The van der Waals surface area contributed by atoms with Gasteiger partial charge < -0.3 is 4.74 Å². The Hall–Kier alpha value is -1.88. The third kappa shape index (κ3) is 2.46. The molecule has 19 heavy (non-hydrogen) atoms. The van der Waals surface area contributed by atoms with E-state index in [2.05, 4.69) is 10.3 Å². The van der Waals surface area contributed by atoms with Gasteiger partial charge in [-0.05, 0) is 24.1 Å². The van der Waals surface area contributed by atoms with Gasteiger partial charge in [0, 0.05) is 5.02 Å². The van der Waals surface area contributed by atoms with E-state index in [9.17, 15) is 4.79 Å². The van der Waals surface area contributed by atoms with Crippen LogP contribution in [0.2, 0.25) is 5.02 Å². The van der Waals surface area contributed by atoms with Crippen molar-refractivity contribution in [1.82, 2.24) is 15.0 Å². The first kappa shape index (κ1) is 13.5. The summed E-state index contributed by atoms with van der Waals surface area (Å²) >= 11 is 6.01. The van der Waals surface area contributed by atoms with Gasteiger partial charge in [-0.15, -0.1) is 5.10 Å². The molecule has 0 unspecified atom stereocenters. The molecule has 0 N–H and O–H groups in total. The topological polar surface area (TPSA) is 57.0 Å². The van der Waals surface area contributed by atoms with Gasteiger partial charge in [-0.3, -0.25) is 4.79 Å². The zero-order chi connectivity index (χ0) is 14.0. The van der Waals surface area contributed by atoms with Gasteiger partial charge in [0.25, 0.3) is 0 Å². The van der Waals surface area contributed by atoms with Crippen molar-refractivity contribution in [3.63, 3.8) is 0 Å². The molecule has 1 aromatic carbocycles. The fourth-order valence-electron chi connectivity index (χ4n) is 1.93. The number of benzene rings is 1. The maximum absolute atomic E-state index is 11.0. The van der Waals surface area contributed by atoms with E-state index < -0.39 is 0 Å². The van der Waals surface area contributed by atoms with E-state index >= 15 is 0 Å². The summed E-state index contributed by atoms with van der Waals surface area (Å²) in [5.41, 5.74) is 1.73. The van der Waals surface area contributed by atoms with Gasteiger partial charge in [-0.25, -0.2) is 4.68 Å². The number of nitrogens with zero attached hydrogens (tertiary/aromatic N) is 3. The van der Waals surface area contributed by atoms with Crippen LogP contribution in [0.15, 0.2) is 18.2 Å². The first-order valence-electron chi connectivity index (χ1n) is 5.83. The van der Waals surface area contributed by atoms with E-state index in [1.165, 1.54) is 0 Å². The molecule has 0 aliphatic carbocycles. The Morgan fingerprint density at radius 1 is 1.42 bits per heavy atom. The smallest absolute Gasteiger partial charge is 0.172 e. The number of aromatic nitrogens is 3. The summed E-state index contributed by atoms with van der Waals surface area (Å²) in [5, 5.41) is 8.47. The summed E-state index contributed by atoms with van der Waals surface area (Å²) in [5.74, 6) is 0.715. The lowest BCUT2D eigenvalue weighted by atomic mass is 10.1. The summed E-state index contributed by atoms with van der Waals surface area (Å²) in [4.78, 5) is 11.0. The third-order valence-corrected chi connectivity index (χ3v) is 3.00. The quantitative estimate of drug-likeness (QED) is 0.808. The van der Waals surface area contributed by atoms with Crippen LogP contribution < -0.4 is 4.74 Å². The number of carbonyl (C=O) groups is 1. The van der Waals surface area contributed by atoms with Crippen molar-refractivity contribution >= 4 is 17.9 Å². The van der Waals surface area contributed by atoms with Crippen molar-refractivity contribution in [2.24, 2.45) is 0 Å². The highest BCUT2D eigenvalue weighted by atomic mass is 35.5. The van der Waals surface area contributed by atoms with Crippen LogP contribution in [0.25, 0.3) is 5.69 Å². The number of methoxy groups -OCH3 is 1. The molecule has 0 saturated heterocycles. The Morgan fingerprint density at radius 3 is 2.74 bits per heavy atom. The first-order valence-corrected chi connectivity index (χ1v) is 6.21. The SMILES string of the molecule is COc1ccc(Cl)cc1-n1nnc(C=O)c1C(C)C. The molecule has 0 atom stereocenters. The van der Waals surface area contributed by atoms with Crippen molar-refractivity contribution in [2.45, 2.75) is 19.8 Å². The number of carbonyl (C=O) groups excluding carboxylic acids is 1. The van der Waals surface area contributed by atoms with Crippen LogP contribution in [0, 0.1) is 0 Å². The molecule has 0 radical (unpaired) electrons. The van der Waals surface area contributed by atoms with Crippen LogP contribution in [0.3, 0.4) is 0 Å². The minimum atomic E-state index is 0.0962. The highest BCUT2D eigenvalue weighted by molar-refractivity contribution is 6.30. The van der Waals surface area contributed by atoms with Crippen molar-refractivity contribution in [2.75, 3.05) is 7.11 Å². The second-order valence-electron chi connectivity index (χ2n) is 4.36. The molecule has 1 heterocycles. The largest absolute Gasteiger partial charge is 0.494 e. The molecule has 0 fully saturated rings. The molecular weight excluding hydrogens is 266 g/mol. The minimum Gasteiger partial charge on any atom is -0.494 e. The molecule has 100 valence electrons. The molecule has 0 spiro atoms. The maximum atomic E-state index is 11.0. The second-order valence-corrected chi connectivity index (χ2v) is 4.80. The summed E-state index contributed by atoms with van der Waals surface area (Å²) in [6, 6.07) is 5.22. The zero-order valence-electron chi connectivity index (χ0n) is 10.9. The average molecular weight is 280 g/mol. The Morgan fingerprint density at radius 2 is 2.16 bits per heavy atom. The van der Waals surface area contributed by atoms with E-state index in [-0.39, 0.29) is 5.92 Å². The van der Waals surface area contributed by atoms with Crippen LogP contribution in [0.1, 0.15) is 35.9 Å². The molecule has 0 amide bonds. The molecule has 6 heteroatoms. The first-order chi connectivity index (χ1) is 9.08. The van der Waals surface area contributed by atoms with E-state index in [0.29, 0.717) is 28.4 Å². The van der Waals surface area contributed by atoms with E-state index in [1.807, 2.05) is 13.8 Å². The molecule has 2 rings (SSSR count). The van der Waals surface area contributed by atoms with Crippen LogP contribution in [0.5, 0.6) is 5.75 Å². The number of rotatable bonds is 4. The molecule has 1 aromatic heterocycles. The summed E-state index contributed by atoms with van der Waals surface area (Å²) in [6.07, 6.45) is 0.704. The summed E-state index contributed by atoms with van der Waals surface area (Å²) < 4.78 is 6.89. The zero-order valence-corrected chi connectivity index (χ0v) is 11.7. The molecule has 0 saturated carbocycles. The predicted molar refractivity (Wildman–Crippen MR) is 72.4 cm³/mol. The number of aldehydes is 1. The number of ether oxygens (including phenoxy) is 1. The van der Waals surface area contributed by atoms with Gasteiger partial charge in [-0.1, -0.05) is 30.7 Å². The molecule has 0 bridgehead atoms. The Bertz CT molecular complexity index is 608. The normalized spacial score (nSPS) is 10.8. The standard InChI is InChI=1S/C13H14ClN3O2/c1-8(2)13-10(7-18)15-16-17(13)11-6-9(14)4-5-12(11)19-3/h4-8H,1-3H3. The molecule has 0 aliphatic rings. The van der Waals surface area contributed by atoms with Crippen molar-refractivity contribution in [1.29, 1.82) is 0 Å². The van der Waals surface area contributed by atoms with Crippen LogP contribution in [0.4, 0.5) is 0 Å². The number of halogens is 1. The van der Waals surface area contributed by atoms with Crippen molar-refractivity contribution < 1.29 is 9.53 Å². The van der Waals surface area contributed by atoms with E-state index in [0.717, 1.165) is 5.69 Å². The molecule has 5 nitrogen and oxygen atoms in total. The molecule has 0 aliphatic heterocycles. The second kappa shape index (κ2) is 5.40. The average Bonchev–Trinajstić information content (AvgIpc) is 2.82. The van der Waals surface area contributed by atoms with E-state index in [1.54, 1.807) is 30.0 Å². The lowest BCUT2D eigenvalue weighted by Gasteiger charge is -2.13. The van der Waals surface area contributed by atoms with Crippen LogP contribution >= 0.6 is 11.6 Å². The Balaban J connectivity index is 2.68. The van der Waals surface area contributed by atoms with Gasteiger partial charge in [0.2, 0.25) is 0 Å².